The number of anilines is 3. The van der Waals surface area contributed by atoms with Gasteiger partial charge in [-0.05, 0) is 30.3 Å². The third-order valence-corrected chi connectivity index (χ3v) is 4.61. The molecular formula is C20H15F6N5O3. The van der Waals surface area contributed by atoms with Crippen LogP contribution >= 0.6 is 0 Å². The molecule has 0 radical (unpaired) electrons. The predicted molar refractivity (Wildman–Crippen MR) is 105 cm³/mol. The monoisotopic (exact) mass is 487 g/mol. The van der Waals surface area contributed by atoms with Crippen LogP contribution in [0.4, 0.5) is 43.5 Å². The average Bonchev–Trinajstić information content (AvgIpc) is 3.20. The number of nitrogens with zero attached hydrogens (tertiary/aromatic N) is 3. The molecule has 14 heteroatoms. The van der Waals surface area contributed by atoms with E-state index < -0.39 is 59.9 Å². The van der Waals surface area contributed by atoms with Crippen molar-refractivity contribution >= 4 is 29.0 Å². The number of amides is 2. The molecular weight excluding hydrogens is 472 g/mol. The molecule has 1 saturated heterocycles. The Balaban J connectivity index is 1.83. The highest BCUT2D eigenvalue weighted by Gasteiger charge is 2.52. The van der Waals surface area contributed by atoms with Crippen molar-refractivity contribution in [2.75, 3.05) is 22.1 Å². The SMILES string of the molecule is CC(=O)Nc1ccc(NC(=O)C2CN(c3ccc(C#N)c(C(F)(F)F)c3)C(C(F)(F)F)O2)cn1. The maximum atomic E-state index is 13.6. The number of alkyl halides is 6. The fourth-order valence-corrected chi connectivity index (χ4v) is 3.17. The zero-order valence-corrected chi connectivity index (χ0v) is 17.2. The van der Waals surface area contributed by atoms with E-state index in [0.717, 1.165) is 18.3 Å². The van der Waals surface area contributed by atoms with Crippen LogP contribution in [-0.2, 0) is 20.5 Å². The molecule has 2 aromatic rings. The molecule has 1 fully saturated rings. The quantitative estimate of drug-likeness (QED) is 0.638. The number of hydrogen-bond acceptors (Lipinski definition) is 6. The number of hydrogen-bond donors (Lipinski definition) is 2. The summed E-state index contributed by atoms with van der Waals surface area (Å²) in [6.45, 7) is 0.541. The van der Waals surface area contributed by atoms with Gasteiger partial charge in [0.1, 0.15) is 5.82 Å². The maximum absolute atomic E-state index is 13.6. The minimum atomic E-state index is -5.04. The lowest BCUT2D eigenvalue weighted by atomic mass is 10.1. The predicted octanol–water partition coefficient (Wildman–Crippen LogP) is 3.66. The summed E-state index contributed by atoms with van der Waals surface area (Å²) in [6, 6.07) is 6.10. The number of pyridine rings is 1. The molecule has 180 valence electrons. The highest BCUT2D eigenvalue weighted by Crippen LogP contribution is 2.39. The summed E-state index contributed by atoms with van der Waals surface area (Å²) in [6.07, 6.45) is -13.3. The first-order valence-corrected chi connectivity index (χ1v) is 9.44. The molecule has 8 nitrogen and oxygen atoms in total. The molecule has 3 rings (SSSR count). The van der Waals surface area contributed by atoms with Gasteiger partial charge in [-0.25, -0.2) is 4.98 Å². The topological polar surface area (TPSA) is 107 Å². The molecule has 1 aliphatic heterocycles. The second-order valence-electron chi connectivity index (χ2n) is 7.11. The largest absolute Gasteiger partial charge is 0.433 e. The van der Waals surface area contributed by atoms with E-state index in [1.807, 2.05) is 0 Å². The third kappa shape index (κ3) is 5.54. The van der Waals surface area contributed by atoms with Gasteiger partial charge in [0.25, 0.3) is 5.91 Å². The van der Waals surface area contributed by atoms with E-state index in [9.17, 15) is 35.9 Å². The Labute approximate surface area is 188 Å². The van der Waals surface area contributed by atoms with Crippen LogP contribution in [0.2, 0.25) is 0 Å². The van der Waals surface area contributed by atoms with Crippen molar-refractivity contribution in [3.8, 4) is 6.07 Å². The number of carbonyl (C=O) groups excluding carboxylic acids is 2. The van der Waals surface area contributed by atoms with E-state index in [4.69, 9.17) is 10.00 Å². The zero-order valence-electron chi connectivity index (χ0n) is 17.2. The number of carbonyl (C=O) groups is 2. The van der Waals surface area contributed by atoms with Crippen LogP contribution in [-0.4, -0.2) is 41.9 Å². The lowest BCUT2D eigenvalue weighted by Crippen LogP contribution is -2.42. The first-order chi connectivity index (χ1) is 15.8. The molecule has 2 atom stereocenters. The first-order valence-electron chi connectivity index (χ1n) is 9.44. The van der Waals surface area contributed by atoms with Gasteiger partial charge in [-0.15, -0.1) is 0 Å². The fourth-order valence-electron chi connectivity index (χ4n) is 3.17. The highest BCUT2D eigenvalue weighted by molar-refractivity contribution is 5.95. The lowest BCUT2D eigenvalue weighted by Gasteiger charge is -2.27. The molecule has 2 amide bonds. The summed E-state index contributed by atoms with van der Waals surface area (Å²) in [5, 5.41) is 13.6. The Bertz CT molecular complexity index is 1130. The second-order valence-corrected chi connectivity index (χ2v) is 7.11. The molecule has 0 saturated carbocycles. The smallest absolute Gasteiger partial charge is 0.335 e. The van der Waals surface area contributed by atoms with Gasteiger partial charge >= 0.3 is 12.4 Å². The summed E-state index contributed by atoms with van der Waals surface area (Å²) in [5.41, 5.74) is -2.61. The van der Waals surface area contributed by atoms with E-state index in [1.165, 1.54) is 25.1 Å². The van der Waals surface area contributed by atoms with Gasteiger partial charge in [0.15, 0.2) is 6.10 Å². The van der Waals surface area contributed by atoms with Gasteiger partial charge in [-0.2, -0.15) is 31.6 Å². The molecule has 0 spiro atoms. The standard InChI is InChI=1S/C20H15F6N5O3/c1-10(32)29-16-5-3-12(8-28-16)30-17(33)15-9-31(18(34-15)20(24,25)26)13-4-2-11(7-27)14(6-13)19(21,22)23/h2-6,8,15,18H,9H2,1H3,(H,30,33)(H,28,29,32). The molecule has 1 aromatic heterocycles. The number of rotatable bonds is 4. The number of benzene rings is 1. The van der Waals surface area contributed by atoms with Crippen molar-refractivity contribution in [1.82, 2.24) is 4.98 Å². The van der Waals surface area contributed by atoms with Crippen molar-refractivity contribution in [3.63, 3.8) is 0 Å². The van der Waals surface area contributed by atoms with Crippen LogP contribution in [0.3, 0.4) is 0 Å². The molecule has 2 N–H and O–H groups in total. The van der Waals surface area contributed by atoms with Crippen LogP contribution in [0.1, 0.15) is 18.1 Å². The number of nitrogens with one attached hydrogen (secondary N) is 2. The highest BCUT2D eigenvalue weighted by atomic mass is 19.4. The van der Waals surface area contributed by atoms with Crippen molar-refractivity contribution in [2.45, 2.75) is 31.6 Å². The van der Waals surface area contributed by atoms with Crippen LogP contribution in [0.25, 0.3) is 0 Å². The van der Waals surface area contributed by atoms with E-state index in [0.29, 0.717) is 11.0 Å². The van der Waals surface area contributed by atoms with E-state index in [1.54, 1.807) is 0 Å². The van der Waals surface area contributed by atoms with Crippen LogP contribution in [0.5, 0.6) is 0 Å². The summed E-state index contributed by atoms with van der Waals surface area (Å²) < 4.78 is 85.4. The van der Waals surface area contributed by atoms with Gasteiger partial charge in [-0.3, -0.25) is 9.59 Å². The van der Waals surface area contributed by atoms with E-state index in [2.05, 4.69) is 15.6 Å². The molecule has 2 unspecified atom stereocenters. The van der Waals surface area contributed by atoms with Crippen LogP contribution < -0.4 is 15.5 Å². The van der Waals surface area contributed by atoms with E-state index >= 15 is 0 Å². The van der Waals surface area contributed by atoms with Crippen molar-refractivity contribution in [3.05, 3.63) is 47.7 Å². The Morgan fingerprint density at radius 3 is 2.38 bits per heavy atom. The van der Waals surface area contributed by atoms with Crippen LogP contribution in [0.15, 0.2) is 36.5 Å². The maximum Gasteiger partial charge on any atom is 0.433 e. The summed E-state index contributed by atoms with van der Waals surface area (Å²) in [5.74, 6) is -1.21. The molecule has 1 aliphatic rings. The molecule has 1 aromatic carbocycles. The molecule has 34 heavy (non-hydrogen) atoms. The summed E-state index contributed by atoms with van der Waals surface area (Å²) in [4.78, 5) is 27.8. The number of ether oxygens (including phenoxy) is 1. The summed E-state index contributed by atoms with van der Waals surface area (Å²) >= 11 is 0. The molecule has 0 aliphatic carbocycles. The number of nitriles is 1. The Hall–Kier alpha value is -3.86. The van der Waals surface area contributed by atoms with Crippen molar-refractivity contribution in [2.24, 2.45) is 0 Å². The zero-order chi connectivity index (χ0) is 25.3. The van der Waals surface area contributed by atoms with Crippen molar-refractivity contribution < 1.29 is 40.7 Å². The van der Waals surface area contributed by atoms with Gasteiger partial charge in [0.2, 0.25) is 12.1 Å². The second kappa shape index (κ2) is 9.18. The molecule has 2 heterocycles. The molecule has 0 bridgehead atoms. The van der Waals surface area contributed by atoms with Crippen LogP contribution in [0, 0.1) is 11.3 Å². The van der Waals surface area contributed by atoms with Gasteiger partial charge in [0, 0.05) is 12.6 Å². The number of aromatic nitrogens is 1. The van der Waals surface area contributed by atoms with E-state index in [-0.39, 0.29) is 11.5 Å². The third-order valence-electron chi connectivity index (χ3n) is 4.61. The lowest BCUT2D eigenvalue weighted by molar-refractivity contribution is -0.212. The first kappa shape index (κ1) is 24.8. The normalized spacial score (nSPS) is 18.4. The van der Waals surface area contributed by atoms with Gasteiger partial charge < -0.3 is 20.3 Å². The Morgan fingerprint density at radius 1 is 1.15 bits per heavy atom. The van der Waals surface area contributed by atoms with Gasteiger partial charge in [-0.1, -0.05) is 0 Å². The average molecular weight is 487 g/mol. The van der Waals surface area contributed by atoms with Crippen molar-refractivity contribution in [1.29, 1.82) is 5.26 Å². The Kier molecular flexibility index (Phi) is 6.69. The Morgan fingerprint density at radius 2 is 1.85 bits per heavy atom. The fraction of sp³-hybridized carbons (Fsp3) is 0.300. The van der Waals surface area contributed by atoms with Gasteiger partial charge in [0.05, 0.1) is 35.6 Å². The minimum Gasteiger partial charge on any atom is -0.335 e. The number of halogens is 6. The summed E-state index contributed by atoms with van der Waals surface area (Å²) in [7, 11) is 0. The minimum absolute atomic E-state index is 0.0856.